The number of halogens is 3. The van der Waals surface area contributed by atoms with Gasteiger partial charge < -0.3 is 10.5 Å². The van der Waals surface area contributed by atoms with Gasteiger partial charge in [0, 0.05) is 21.2 Å². The fourth-order valence-corrected chi connectivity index (χ4v) is 2.33. The van der Waals surface area contributed by atoms with Crippen LogP contribution in [0.1, 0.15) is 11.1 Å². The average Bonchev–Trinajstić information content (AvgIpc) is 2.43. The van der Waals surface area contributed by atoms with Gasteiger partial charge in [0.15, 0.2) is 0 Å². The van der Waals surface area contributed by atoms with Crippen molar-refractivity contribution in [3.05, 3.63) is 63.4 Å². The molecular formula is C15H14Cl2FNO. The summed E-state index contributed by atoms with van der Waals surface area (Å²) in [6.45, 7) is 0.552. The molecule has 2 nitrogen and oxygen atoms in total. The molecule has 0 amide bonds. The summed E-state index contributed by atoms with van der Waals surface area (Å²) in [6.07, 6.45) is 0.604. The quantitative estimate of drug-likeness (QED) is 0.897. The number of benzene rings is 2. The zero-order valence-corrected chi connectivity index (χ0v) is 12.2. The van der Waals surface area contributed by atoms with Crippen LogP contribution in [-0.2, 0) is 13.0 Å². The highest BCUT2D eigenvalue weighted by molar-refractivity contribution is 6.31. The SMILES string of the molecule is NCCc1c(Cl)cccc1OCc1cc(Cl)ccc1F. The summed E-state index contributed by atoms with van der Waals surface area (Å²) < 4.78 is 19.3. The first kappa shape index (κ1) is 15.1. The zero-order chi connectivity index (χ0) is 14.5. The van der Waals surface area contributed by atoms with Crippen molar-refractivity contribution in [1.29, 1.82) is 0 Å². The number of rotatable bonds is 5. The van der Waals surface area contributed by atoms with Crippen LogP contribution in [0.15, 0.2) is 36.4 Å². The minimum absolute atomic E-state index is 0.0876. The molecule has 0 bridgehead atoms. The number of hydrogen-bond acceptors (Lipinski definition) is 2. The molecule has 2 rings (SSSR count). The first-order valence-electron chi connectivity index (χ1n) is 6.16. The number of hydrogen-bond donors (Lipinski definition) is 1. The van der Waals surface area contributed by atoms with E-state index in [2.05, 4.69) is 0 Å². The van der Waals surface area contributed by atoms with E-state index in [-0.39, 0.29) is 12.4 Å². The van der Waals surface area contributed by atoms with Crippen LogP contribution in [0.4, 0.5) is 4.39 Å². The molecule has 0 fully saturated rings. The Morgan fingerprint density at radius 3 is 2.70 bits per heavy atom. The molecule has 2 aromatic carbocycles. The molecule has 20 heavy (non-hydrogen) atoms. The van der Waals surface area contributed by atoms with Crippen LogP contribution < -0.4 is 10.5 Å². The van der Waals surface area contributed by atoms with E-state index in [0.29, 0.717) is 34.3 Å². The third kappa shape index (κ3) is 3.63. The molecule has 106 valence electrons. The van der Waals surface area contributed by atoms with E-state index in [1.165, 1.54) is 12.1 Å². The van der Waals surface area contributed by atoms with Gasteiger partial charge >= 0.3 is 0 Å². The van der Waals surface area contributed by atoms with E-state index in [0.717, 1.165) is 5.56 Å². The Bertz CT molecular complexity index is 604. The smallest absolute Gasteiger partial charge is 0.129 e. The third-order valence-corrected chi connectivity index (χ3v) is 3.45. The van der Waals surface area contributed by atoms with Crippen LogP contribution in [0.2, 0.25) is 10.0 Å². The molecule has 0 heterocycles. The molecule has 0 radical (unpaired) electrons. The summed E-state index contributed by atoms with van der Waals surface area (Å²) in [6, 6.07) is 9.72. The van der Waals surface area contributed by atoms with Crippen LogP contribution in [0, 0.1) is 5.82 Å². The maximum Gasteiger partial charge on any atom is 0.129 e. The van der Waals surface area contributed by atoms with Gasteiger partial charge in [-0.05, 0) is 43.3 Å². The van der Waals surface area contributed by atoms with Crippen molar-refractivity contribution in [2.75, 3.05) is 6.54 Å². The summed E-state index contributed by atoms with van der Waals surface area (Å²) in [5, 5.41) is 1.07. The van der Waals surface area contributed by atoms with Crippen molar-refractivity contribution < 1.29 is 9.13 Å². The normalized spacial score (nSPS) is 10.6. The molecule has 2 aromatic rings. The first-order chi connectivity index (χ1) is 9.61. The van der Waals surface area contributed by atoms with Crippen molar-refractivity contribution in [2.45, 2.75) is 13.0 Å². The zero-order valence-electron chi connectivity index (χ0n) is 10.7. The molecule has 0 spiro atoms. The molecule has 0 atom stereocenters. The van der Waals surface area contributed by atoms with Gasteiger partial charge in [0.1, 0.15) is 18.2 Å². The van der Waals surface area contributed by atoms with Crippen LogP contribution in [0.3, 0.4) is 0 Å². The second kappa shape index (κ2) is 6.93. The Morgan fingerprint density at radius 2 is 1.95 bits per heavy atom. The minimum Gasteiger partial charge on any atom is -0.488 e. The summed E-state index contributed by atoms with van der Waals surface area (Å²) in [5.74, 6) is 0.263. The van der Waals surface area contributed by atoms with E-state index in [4.69, 9.17) is 33.7 Å². The van der Waals surface area contributed by atoms with E-state index < -0.39 is 0 Å². The van der Waals surface area contributed by atoms with Gasteiger partial charge in [0.2, 0.25) is 0 Å². The highest BCUT2D eigenvalue weighted by atomic mass is 35.5. The van der Waals surface area contributed by atoms with Crippen molar-refractivity contribution in [2.24, 2.45) is 5.73 Å². The van der Waals surface area contributed by atoms with Crippen molar-refractivity contribution in [3.63, 3.8) is 0 Å². The first-order valence-corrected chi connectivity index (χ1v) is 6.91. The molecule has 0 aliphatic rings. The van der Waals surface area contributed by atoms with Crippen LogP contribution in [0.25, 0.3) is 0 Å². The van der Waals surface area contributed by atoms with Gasteiger partial charge in [-0.15, -0.1) is 0 Å². The number of nitrogens with two attached hydrogens (primary N) is 1. The molecule has 0 saturated heterocycles. The standard InChI is InChI=1S/C15H14Cl2FNO/c16-11-4-5-14(18)10(8-11)9-20-15-3-1-2-13(17)12(15)6-7-19/h1-5,8H,6-7,9,19H2. The largest absolute Gasteiger partial charge is 0.488 e. The van der Waals surface area contributed by atoms with Crippen LogP contribution in [0.5, 0.6) is 5.75 Å². The van der Waals surface area contributed by atoms with E-state index in [9.17, 15) is 4.39 Å². The Hall–Kier alpha value is -1.29. The van der Waals surface area contributed by atoms with Crippen molar-refractivity contribution in [3.8, 4) is 5.75 Å². The van der Waals surface area contributed by atoms with Gasteiger partial charge in [-0.25, -0.2) is 4.39 Å². The van der Waals surface area contributed by atoms with Gasteiger partial charge in [0.25, 0.3) is 0 Å². The van der Waals surface area contributed by atoms with Crippen LogP contribution in [-0.4, -0.2) is 6.54 Å². The van der Waals surface area contributed by atoms with Gasteiger partial charge in [-0.1, -0.05) is 29.3 Å². The maximum absolute atomic E-state index is 13.6. The molecule has 0 unspecified atom stereocenters. The average molecular weight is 314 g/mol. The molecule has 0 aromatic heterocycles. The van der Waals surface area contributed by atoms with E-state index in [1.807, 2.05) is 0 Å². The monoisotopic (exact) mass is 313 g/mol. The molecule has 0 aliphatic carbocycles. The number of ether oxygens (including phenoxy) is 1. The highest BCUT2D eigenvalue weighted by Crippen LogP contribution is 2.28. The second-order valence-electron chi connectivity index (χ2n) is 4.28. The van der Waals surface area contributed by atoms with Gasteiger partial charge in [-0.2, -0.15) is 0 Å². The lowest BCUT2D eigenvalue weighted by Crippen LogP contribution is -2.06. The molecule has 0 aliphatic heterocycles. The van der Waals surface area contributed by atoms with Gasteiger partial charge in [0.05, 0.1) is 0 Å². The topological polar surface area (TPSA) is 35.2 Å². The lowest BCUT2D eigenvalue weighted by molar-refractivity contribution is 0.297. The van der Waals surface area contributed by atoms with E-state index >= 15 is 0 Å². The summed E-state index contributed by atoms with van der Waals surface area (Å²) >= 11 is 12.0. The fraction of sp³-hybridized carbons (Fsp3) is 0.200. The molecule has 5 heteroatoms. The predicted octanol–water partition coefficient (Wildman–Crippen LogP) is 4.21. The van der Waals surface area contributed by atoms with Crippen LogP contribution >= 0.6 is 23.2 Å². The Kier molecular flexibility index (Phi) is 5.24. The van der Waals surface area contributed by atoms with Crippen molar-refractivity contribution in [1.82, 2.24) is 0 Å². The van der Waals surface area contributed by atoms with Crippen molar-refractivity contribution >= 4 is 23.2 Å². The molecule has 2 N–H and O–H groups in total. The van der Waals surface area contributed by atoms with Gasteiger partial charge in [-0.3, -0.25) is 0 Å². The second-order valence-corrected chi connectivity index (χ2v) is 5.12. The summed E-state index contributed by atoms with van der Waals surface area (Å²) in [5.41, 5.74) is 6.79. The lowest BCUT2D eigenvalue weighted by atomic mass is 10.1. The minimum atomic E-state index is -0.350. The lowest BCUT2D eigenvalue weighted by Gasteiger charge is -2.13. The summed E-state index contributed by atoms with van der Waals surface area (Å²) in [7, 11) is 0. The third-order valence-electron chi connectivity index (χ3n) is 2.86. The highest BCUT2D eigenvalue weighted by Gasteiger charge is 2.09. The Labute approximate surface area is 127 Å². The van der Waals surface area contributed by atoms with E-state index in [1.54, 1.807) is 24.3 Å². The summed E-state index contributed by atoms with van der Waals surface area (Å²) in [4.78, 5) is 0. The molecular weight excluding hydrogens is 300 g/mol. The predicted molar refractivity (Wildman–Crippen MR) is 80.0 cm³/mol. The Morgan fingerprint density at radius 1 is 1.15 bits per heavy atom. The Balaban J connectivity index is 2.18. The fourth-order valence-electron chi connectivity index (χ4n) is 1.87. The maximum atomic E-state index is 13.6. The molecule has 0 saturated carbocycles.